The zero-order chi connectivity index (χ0) is 14.8. The number of benzene rings is 1. The van der Waals surface area contributed by atoms with Crippen LogP contribution in [0.2, 0.25) is 0 Å². The van der Waals surface area contributed by atoms with Crippen molar-refractivity contribution >= 4 is 33.7 Å². The number of hydrogen-bond donors (Lipinski definition) is 1. The summed E-state index contributed by atoms with van der Waals surface area (Å²) in [6, 6.07) is 5.50. The standard InChI is InChI=1S/C13H13BrN4O2S/c14-8-5-6-11(10(7-8)12(19)20)21-13-15-16-17-18(13)9-3-1-2-4-9/h5-7,9H,1-4H2,(H,19,20). The number of aromatic nitrogens is 4. The topological polar surface area (TPSA) is 80.9 Å². The molecule has 1 aromatic carbocycles. The highest BCUT2D eigenvalue weighted by molar-refractivity contribution is 9.10. The summed E-state index contributed by atoms with van der Waals surface area (Å²) in [5.41, 5.74) is 0.246. The molecule has 8 heteroatoms. The molecule has 21 heavy (non-hydrogen) atoms. The van der Waals surface area contributed by atoms with Crippen molar-refractivity contribution in [3.05, 3.63) is 28.2 Å². The second-order valence-corrected chi connectivity index (χ2v) is 6.82. The molecule has 1 N–H and O–H groups in total. The minimum atomic E-state index is -0.960. The second-order valence-electron chi connectivity index (χ2n) is 4.89. The third-order valence-electron chi connectivity index (χ3n) is 3.51. The van der Waals surface area contributed by atoms with E-state index >= 15 is 0 Å². The van der Waals surface area contributed by atoms with Crippen molar-refractivity contribution in [3.8, 4) is 0 Å². The number of tetrazole rings is 1. The number of hydrogen-bond acceptors (Lipinski definition) is 5. The lowest BCUT2D eigenvalue weighted by Gasteiger charge is -2.11. The van der Waals surface area contributed by atoms with E-state index in [1.165, 1.54) is 24.6 Å². The van der Waals surface area contributed by atoms with Gasteiger partial charge < -0.3 is 5.11 Å². The second kappa shape index (κ2) is 6.15. The molecule has 0 unspecified atom stereocenters. The molecule has 1 fully saturated rings. The molecule has 6 nitrogen and oxygen atoms in total. The summed E-state index contributed by atoms with van der Waals surface area (Å²) >= 11 is 4.59. The van der Waals surface area contributed by atoms with Crippen LogP contribution in [0.1, 0.15) is 42.1 Å². The molecular formula is C13H13BrN4O2S. The van der Waals surface area contributed by atoms with Crippen LogP contribution in [-0.4, -0.2) is 31.3 Å². The van der Waals surface area contributed by atoms with Gasteiger partial charge in [-0.2, -0.15) is 0 Å². The van der Waals surface area contributed by atoms with Crippen molar-refractivity contribution in [1.82, 2.24) is 20.2 Å². The van der Waals surface area contributed by atoms with Gasteiger partial charge >= 0.3 is 5.97 Å². The van der Waals surface area contributed by atoms with Gasteiger partial charge in [-0.15, -0.1) is 5.10 Å². The van der Waals surface area contributed by atoms with Crippen LogP contribution in [0.25, 0.3) is 0 Å². The van der Waals surface area contributed by atoms with Crippen LogP contribution in [0.3, 0.4) is 0 Å². The molecule has 1 heterocycles. The normalized spacial score (nSPS) is 15.5. The maximum Gasteiger partial charge on any atom is 0.336 e. The maximum atomic E-state index is 11.4. The van der Waals surface area contributed by atoms with E-state index in [4.69, 9.17) is 0 Å². The quantitative estimate of drug-likeness (QED) is 0.890. The summed E-state index contributed by atoms with van der Waals surface area (Å²) in [6.07, 6.45) is 4.52. The molecular weight excluding hydrogens is 356 g/mol. The predicted molar refractivity (Wildman–Crippen MR) is 80.5 cm³/mol. The van der Waals surface area contributed by atoms with Crippen molar-refractivity contribution < 1.29 is 9.90 Å². The zero-order valence-corrected chi connectivity index (χ0v) is 13.5. The fourth-order valence-electron chi connectivity index (χ4n) is 2.49. The summed E-state index contributed by atoms with van der Waals surface area (Å²) in [7, 11) is 0. The number of carboxylic acid groups (broad SMARTS) is 1. The minimum absolute atomic E-state index is 0.246. The lowest BCUT2D eigenvalue weighted by Crippen LogP contribution is -2.08. The van der Waals surface area contributed by atoms with Crippen molar-refractivity contribution in [2.45, 2.75) is 41.8 Å². The van der Waals surface area contributed by atoms with Crippen LogP contribution in [-0.2, 0) is 0 Å². The summed E-state index contributed by atoms with van der Waals surface area (Å²) in [4.78, 5) is 12.0. The van der Waals surface area contributed by atoms with Gasteiger partial charge in [0.05, 0.1) is 11.6 Å². The van der Waals surface area contributed by atoms with Gasteiger partial charge in [-0.1, -0.05) is 28.8 Å². The van der Waals surface area contributed by atoms with E-state index in [0.717, 1.165) is 17.3 Å². The van der Waals surface area contributed by atoms with E-state index in [2.05, 4.69) is 31.5 Å². The molecule has 0 atom stereocenters. The summed E-state index contributed by atoms with van der Waals surface area (Å²) in [5, 5.41) is 21.8. The number of nitrogens with zero attached hydrogens (tertiary/aromatic N) is 4. The number of carboxylic acids is 1. The fourth-order valence-corrected chi connectivity index (χ4v) is 3.79. The first-order valence-electron chi connectivity index (χ1n) is 6.63. The first kappa shape index (κ1) is 14.5. The van der Waals surface area contributed by atoms with Crippen LogP contribution in [0, 0.1) is 0 Å². The Balaban J connectivity index is 1.91. The van der Waals surface area contributed by atoms with E-state index in [1.54, 1.807) is 12.1 Å². The van der Waals surface area contributed by atoms with E-state index in [9.17, 15) is 9.90 Å². The number of halogens is 1. The maximum absolute atomic E-state index is 11.4. The molecule has 0 bridgehead atoms. The van der Waals surface area contributed by atoms with Crippen LogP contribution in [0.15, 0.2) is 32.7 Å². The molecule has 0 saturated heterocycles. The highest BCUT2D eigenvalue weighted by Crippen LogP contribution is 2.35. The van der Waals surface area contributed by atoms with E-state index in [0.29, 0.717) is 16.1 Å². The van der Waals surface area contributed by atoms with Crippen molar-refractivity contribution in [3.63, 3.8) is 0 Å². The Labute approximate surface area is 134 Å². The molecule has 0 amide bonds. The van der Waals surface area contributed by atoms with Crippen molar-refractivity contribution in [1.29, 1.82) is 0 Å². The van der Waals surface area contributed by atoms with Gasteiger partial charge in [0.25, 0.3) is 0 Å². The Morgan fingerprint density at radius 1 is 1.38 bits per heavy atom. The number of carbonyl (C=O) groups is 1. The smallest absolute Gasteiger partial charge is 0.336 e. The van der Waals surface area contributed by atoms with E-state index in [1.807, 2.05) is 10.7 Å². The lowest BCUT2D eigenvalue weighted by atomic mass is 10.2. The van der Waals surface area contributed by atoms with Gasteiger partial charge in [-0.3, -0.25) is 0 Å². The average molecular weight is 369 g/mol. The minimum Gasteiger partial charge on any atom is -0.478 e. The summed E-state index contributed by atoms with van der Waals surface area (Å²) in [5.74, 6) is -0.960. The van der Waals surface area contributed by atoms with Gasteiger partial charge in [0.1, 0.15) is 0 Å². The van der Waals surface area contributed by atoms with Crippen LogP contribution in [0.5, 0.6) is 0 Å². The third-order valence-corrected chi connectivity index (χ3v) is 5.03. The van der Waals surface area contributed by atoms with Crippen molar-refractivity contribution in [2.75, 3.05) is 0 Å². The first-order chi connectivity index (χ1) is 10.1. The molecule has 0 radical (unpaired) electrons. The van der Waals surface area contributed by atoms with Gasteiger partial charge in [0, 0.05) is 9.37 Å². The lowest BCUT2D eigenvalue weighted by molar-refractivity contribution is 0.0693. The van der Waals surface area contributed by atoms with Crippen LogP contribution < -0.4 is 0 Å². The highest BCUT2D eigenvalue weighted by atomic mass is 79.9. The van der Waals surface area contributed by atoms with E-state index < -0.39 is 5.97 Å². The SMILES string of the molecule is O=C(O)c1cc(Br)ccc1Sc1nnnn1C1CCCC1. The molecule has 1 aliphatic carbocycles. The third kappa shape index (κ3) is 3.11. The van der Waals surface area contributed by atoms with Crippen LogP contribution >= 0.6 is 27.7 Å². The molecule has 110 valence electrons. The number of aromatic carboxylic acids is 1. The van der Waals surface area contributed by atoms with Crippen molar-refractivity contribution in [2.24, 2.45) is 0 Å². The summed E-state index contributed by atoms with van der Waals surface area (Å²) < 4.78 is 2.56. The molecule has 1 aliphatic rings. The molecule has 1 aromatic heterocycles. The zero-order valence-electron chi connectivity index (χ0n) is 11.1. The van der Waals surface area contributed by atoms with E-state index in [-0.39, 0.29) is 5.56 Å². The Hall–Kier alpha value is -1.41. The Morgan fingerprint density at radius 3 is 2.86 bits per heavy atom. The predicted octanol–water partition coefficient (Wildman–Crippen LogP) is 3.40. The molecule has 0 aliphatic heterocycles. The average Bonchev–Trinajstić information content (AvgIpc) is 3.11. The van der Waals surface area contributed by atoms with Gasteiger partial charge in [-0.25, -0.2) is 9.48 Å². The Bertz CT molecular complexity index is 670. The molecule has 0 spiro atoms. The monoisotopic (exact) mass is 368 g/mol. The van der Waals surface area contributed by atoms with Gasteiger partial charge in [0.15, 0.2) is 0 Å². The van der Waals surface area contributed by atoms with Crippen LogP contribution in [0.4, 0.5) is 0 Å². The molecule has 3 rings (SSSR count). The van der Waals surface area contributed by atoms with Gasteiger partial charge in [-0.05, 0) is 53.2 Å². The fraction of sp³-hybridized carbons (Fsp3) is 0.385. The molecule has 2 aromatic rings. The Morgan fingerprint density at radius 2 is 2.14 bits per heavy atom. The molecule has 1 saturated carbocycles. The largest absolute Gasteiger partial charge is 0.478 e. The van der Waals surface area contributed by atoms with Gasteiger partial charge in [0.2, 0.25) is 5.16 Å². The summed E-state index contributed by atoms with van der Waals surface area (Å²) in [6.45, 7) is 0. The Kier molecular flexibility index (Phi) is 4.25. The number of rotatable bonds is 4. The highest BCUT2D eigenvalue weighted by Gasteiger charge is 2.23. The first-order valence-corrected chi connectivity index (χ1v) is 8.24.